The largest absolute Gasteiger partial charge is 0.356 e. The summed E-state index contributed by atoms with van der Waals surface area (Å²) >= 11 is 0. The Hall–Kier alpha value is -1.84. The second-order valence-corrected chi connectivity index (χ2v) is 7.57. The van der Waals surface area contributed by atoms with Gasteiger partial charge in [0.1, 0.15) is 0 Å². The number of carbonyl (C=O) groups excluding carboxylic acids is 2. The number of rotatable bonds is 16. The summed E-state index contributed by atoms with van der Waals surface area (Å²) < 4.78 is 0. The molecule has 0 aromatic carbocycles. The third-order valence-electron chi connectivity index (χ3n) is 4.93. The minimum atomic E-state index is 0.174. The van der Waals surface area contributed by atoms with E-state index in [-0.39, 0.29) is 11.8 Å². The number of nitrogens with one attached hydrogen (secondary N) is 2. The van der Waals surface area contributed by atoms with Gasteiger partial charge >= 0.3 is 0 Å². The highest BCUT2D eigenvalue weighted by atomic mass is 16.2. The fraction of sp³-hybridized carbons (Fsp3) is 0.667. The Morgan fingerprint density at radius 1 is 0.821 bits per heavy atom. The fourth-order valence-corrected chi connectivity index (χ4v) is 2.93. The Morgan fingerprint density at radius 3 is 2.11 bits per heavy atom. The fourth-order valence-electron chi connectivity index (χ4n) is 2.93. The summed E-state index contributed by atoms with van der Waals surface area (Å²) in [5.41, 5.74) is 0. The Labute approximate surface area is 171 Å². The summed E-state index contributed by atoms with van der Waals surface area (Å²) in [6, 6.07) is 0.455. The van der Waals surface area contributed by atoms with Gasteiger partial charge in [-0.1, -0.05) is 56.2 Å². The molecule has 4 heteroatoms. The van der Waals surface area contributed by atoms with Crippen molar-refractivity contribution in [2.24, 2.45) is 0 Å². The van der Waals surface area contributed by atoms with Gasteiger partial charge in [-0.25, -0.2) is 0 Å². The zero-order valence-corrected chi connectivity index (χ0v) is 17.8. The van der Waals surface area contributed by atoms with Gasteiger partial charge in [-0.15, -0.1) is 0 Å². The maximum absolute atomic E-state index is 11.7. The number of hydrogen-bond acceptors (Lipinski definition) is 2. The predicted octanol–water partition coefficient (Wildman–Crippen LogP) is 5.36. The van der Waals surface area contributed by atoms with Crippen LogP contribution in [0, 0.1) is 0 Å². The zero-order chi connectivity index (χ0) is 20.3. The zero-order valence-electron chi connectivity index (χ0n) is 17.8. The number of allylic oxidation sites excluding steroid dienone is 5. The summed E-state index contributed by atoms with van der Waals surface area (Å²) in [5.74, 6) is 0.383. The summed E-state index contributed by atoms with van der Waals surface area (Å²) in [7, 11) is 0. The molecule has 0 aromatic rings. The van der Waals surface area contributed by atoms with Crippen molar-refractivity contribution in [3.63, 3.8) is 0 Å². The lowest BCUT2D eigenvalue weighted by atomic mass is 9.93. The number of unbranched alkanes of at least 4 members (excludes halogenated alkanes) is 3. The SMILES string of the molecule is CCCCCC(=O)NCC/C=C\C/C=C\C/C=C\CCCC(=O)NC1CCC1. The molecule has 1 rings (SSSR count). The van der Waals surface area contributed by atoms with Crippen LogP contribution in [0.3, 0.4) is 0 Å². The Morgan fingerprint density at radius 2 is 1.46 bits per heavy atom. The van der Waals surface area contributed by atoms with Gasteiger partial charge in [0.25, 0.3) is 0 Å². The smallest absolute Gasteiger partial charge is 0.220 e. The van der Waals surface area contributed by atoms with Crippen LogP contribution in [0.2, 0.25) is 0 Å². The van der Waals surface area contributed by atoms with E-state index in [1.54, 1.807) is 0 Å². The molecular formula is C24H40N2O2. The third kappa shape index (κ3) is 14.2. The maximum Gasteiger partial charge on any atom is 0.220 e. The van der Waals surface area contributed by atoms with E-state index in [2.05, 4.69) is 54.0 Å². The Balaban J connectivity index is 1.87. The van der Waals surface area contributed by atoms with Gasteiger partial charge in [0.05, 0.1) is 0 Å². The van der Waals surface area contributed by atoms with E-state index in [1.807, 2.05) is 0 Å². The normalized spacial score (nSPS) is 14.8. The van der Waals surface area contributed by atoms with Gasteiger partial charge in [-0.2, -0.15) is 0 Å². The quantitative estimate of drug-likeness (QED) is 0.276. The molecule has 1 fully saturated rings. The summed E-state index contributed by atoms with van der Waals surface area (Å²) in [6.45, 7) is 2.87. The van der Waals surface area contributed by atoms with Crippen LogP contribution in [0.15, 0.2) is 36.5 Å². The second kappa shape index (κ2) is 17.3. The highest BCUT2D eigenvalue weighted by Gasteiger charge is 2.18. The van der Waals surface area contributed by atoms with Crippen LogP contribution in [-0.2, 0) is 9.59 Å². The molecule has 2 N–H and O–H groups in total. The standard InChI is InChI=1S/C24H40N2O2/c1-2-3-13-19-23(27)25-21-15-12-10-8-6-4-5-7-9-11-14-20-24(28)26-22-17-16-18-22/h4,6-7,9-10,12,22H,2-3,5,8,11,13-21H2,1H3,(H,25,27)(H,26,28)/b6-4-,9-7-,12-10-. The second-order valence-electron chi connectivity index (χ2n) is 7.57. The van der Waals surface area contributed by atoms with Crippen LogP contribution in [0.4, 0.5) is 0 Å². The molecule has 4 nitrogen and oxygen atoms in total. The van der Waals surface area contributed by atoms with E-state index in [1.165, 1.54) is 6.42 Å². The average Bonchev–Trinajstić information content (AvgIpc) is 2.65. The highest BCUT2D eigenvalue weighted by Crippen LogP contribution is 2.18. The summed E-state index contributed by atoms with van der Waals surface area (Å²) in [4.78, 5) is 23.2. The van der Waals surface area contributed by atoms with E-state index < -0.39 is 0 Å². The molecule has 2 amide bonds. The molecule has 0 heterocycles. The van der Waals surface area contributed by atoms with Crippen molar-refractivity contribution >= 4 is 11.8 Å². The van der Waals surface area contributed by atoms with Crippen LogP contribution < -0.4 is 10.6 Å². The van der Waals surface area contributed by atoms with Crippen LogP contribution in [0.25, 0.3) is 0 Å². The van der Waals surface area contributed by atoms with Crippen LogP contribution in [0.1, 0.15) is 90.4 Å². The molecule has 0 radical (unpaired) electrons. The molecule has 158 valence electrons. The van der Waals surface area contributed by atoms with Crippen molar-refractivity contribution in [1.82, 2.24) is 10.6 Å². The lowest BCUT2D eigenvalue weighted by Crippen LogP contribution is -2.39. The maximum atomic E-state index is 11.7. The van der Waals surface area contributed by atoms with E-state index in [0.29, 0.717) is 18.9 Å². The lowest BCUT2D eigenvalue weighted by Gasteiger charge is -2.26. The van der Waals surface area contributed by atoms with Crippen molar-refractivity contribution in [2.45, 2.75) is 96.4 Å². The van der Waals surface area contributed by atoms with Gasteiger partial charge in [-0.3, -0.25) is 9.59 Å². The van der Waals surface area contributed by atoms with Gasteiger partial charge in [0.2, 0.25) is 11.8 Å². The summed E-state index contributed by atoms with van der Waals surface area (Å²) in [6.07, 6.45) is 25.7. The van der Waals surface area contributed by atoms with E-state index >= 15 is 0 Å². The first kappa shape index (κ1) is 24.2. The third-order valence-corrected chi connectivity index (χ3v) is 4.93. The van der Waals surface area contributed by atoms with E-state index in [4.69, 9.17) is 0 Å². The topological polar surface area (TPSA) is 58.2 Å². The molecular weight excluding hydrogens is 348 g/mol. The Bertz CT molecular complexity index is 505. The van der Waals surface area contributed by atoms with Crippen molar-refractivity contribution < 1.29 is 9.59 Å². The predicted molar refractivity (Wildman–Crippen MR) is 118 cm³/mol. The minimum absolute atomic E-state index is 0.174. The molecule has 1 aliphatic rings. The van der Waals surface area contributed by atoms with Crippen molar-refractivity contribution in [1.29, 1.82) is 0 Å². The van der Waals surface area contributed by atoms with Gasteiger partial charge in [-0.05, 0) is 57.8 Å². The molecule has 0 saturated heterocycles. The first-order valence-electron chi connectivity index (χ1n) is 11.2. The van der Waals surface area contributed by atoms with Crippen LogP contribution >= 0.6 is 0 Å². The first-order chi connectivity index (χ1) is 13.7. The molecule has 1 aliphatic carbocycles. The lowest BCUT2D eigenvalue weighted by molar-refractivity contribution is -0.122. The van der Waals surface area contributed by atoms with Crippen LogP contribution in [0.5, 0.6) is 0 Å². The molecule has 1 saturated carbocycles. The van der Waals surface area contributed by atoms with Gasteiger partial charge in [0, 0.05) is 25.4 Å². The monoisotopic (exact) mass is 388 g/mol. The van der Waals surface area contributed by atoms with Crippen molar-refractivity contribution in [3.05, 3.63) is 36.5 Å². The van der Waals surface area contributed by atoms with Crippen molar-refractivity contribution in [3.8, 4) is 0 Å². The van der Waals surface area contributed by atoms with E-state index in [9.17, 15) is 9.59 Å². The van der Waals surface area contributed by atoms with E-state index in [0.717, 1.165) is 70.8 Å². The van der Waals surface area contributed by atoms with Gasteiger partial charge < -0.3 is 10.6 Å². The minimum Gasteiger partial charge on any atom is -0.356 e. The highest BCUT2D eigenvalue weighted by molar-refractivity contribution is 5.76. The molecule has 0 aromatic heterocycles. The first-order valence-corrected chi connectivity index (χ1v) is 11.2. The van der Waals surface area contributed by atoms with Crippen molar-refractivity contribution in [2.75, 3.05) is 6.54 Å². The molecule has 28 heavy (non-hydrogen) atoms. The molecule has 0 unspecified atom stereocenters. The molecule has 0 aliphatic heterocycles. The Kier molecular flexibility index (Phi) is 14.9. The molecule has 0 bridgehead atoms. The summed E-state index contributed by atoms with van der Waals surface area (Å²) in [5, 5.41) is 6.03. The average molecular weight is 389 g/mol. The van der Waals surface area contributed by atoms with Crippen LogP contribution in [-0.4, -0.2) is 24.4 Å². The number of hydrogen-bond donors (Lipinski definition) is 2. The number of amides is 2. The molecule has 0 atom stereocenters. The number of carbonyl (C=O) groups is 2. The van der Waals surface area contributed by atoms with Gasteiger partial charge in [0.15, 0.2) is 0 Å². The molecule has 0 spiro atoms.